The van der Waals surface area contributed by atoms with Crippen molar-refractivity contribution in [2.24, 2.45) is 17.8 Å². The molecule has 0 aliphatic carbocycles. The first-order valence-electron chi connectivity index (χ1n) is 23.7. The minimum atomic E-state index is -0.225. The number of aromatic nitrogens is 2. The van der Waals surface area contributed by atoms with Gasteiger partial charge in [-0.2, -0.15) is 5.10 Å². The number of hydrogen-bond donors (Lipinski definition) is 3. The molecule has 0 spiro atoms. The van der Waals surface area contributed by atoms with Crippen molar-refractivity contribution in [3.8, 4) is 22.8 Å². The second-order valence-corrected chi connectivity index (χ2v) is 18.5. The molecule has 1 aromatic heterocycles. The molecule has 2 unspecified atom stereocenters. The van der Waals surface area contributed by atoms with Crippen molar-refractivity contribution in [2.75, 3.05) is 84.4 Å². The van der Waals surface area contributed by atoms with Crippen LogP contribution in [-0.2, 0) is 4.79 Å². The van der Waals surface area contributed by atoms with Gasteiger partial charge in [0.05, 0.1) is 17.2 Å². The molecule has 4 aliphatic rings. The van der Waals surface area contributed by atoms with E-state index in [9.17, 15) is 19.2 Å². The number of ether oxygens (including phenoxy) is 1. The molecule has 0 radical (unpaired) electrons. The Hall–Kier alpha value is -5.37. The third kappa shape index (κ3) is 11.1. The predicted octanol–water partition coefficient (Wildman–Crippen LogP) is 7.13. The molecule has 8 rings (SSSR count). The molecule has 2 amide bonds. The van der Waals surface area contributed by atoms with E-state index in [1.54, 1.807) is 13.1 Å². The lowest BCUT2D eigenvalue weighted by Gasteiger charge is -2.40. The minimum absolute atomic E-state index is 0.225. The van der Waals surface area contributed by atoms with E-state index in [2.05, 4.69) is 35.3 Å². The molecule has 0 saturated carbocycles. The summed E-state index contributed by atoms with van der Waals surface area (Å²) in [6.07, 6.45) is 12.4. The molecule has 4 aliphatic heterocycles. The maximum atomic E-state index is 12.5. The summed E-state index contributed by atoms with van der Waals surface area (Å²) in [5, 5.41) is 14.2. The van der Waals surface area contributed by atoms with Crippen molar-refractivity contribution in [3.05, 3.63) is 95.1 Å². The first-order valence-corrected chi connectivity index (χ1v) is 23.7. The van der Waals surface area contributed by atoms with Crippen LogP contribution in [0.15, 0.2) is 72.8 Å². The summed E-state index contributed by atoms with van der Waals surface area (Å²) < 4.78 is 8.13. The second-order valence-electron chi connectivity index (χ2n) is 18.5. The summed E-state index contributed by atoms with van der Waals surface area (Å²) in [4.78, 5) is 55.5. The number of aldehydes is 2. The van der Waals surface area contributed by atoms with Crippen LogP contribution in [0.4, 0.5) is 5.82 Å². The highest BCUT2D eigenvalue weighted by Gasteiger charge is 2.35. The van der Waals surface area contributed by atoms with Gasteiger partial charge in [-0.25, -0.2) is 4.68 Å². The summed E-state index contributed by atoms with van der Waals surface area (Å²) in [6, 6.07) is 23.6. The average molecular weight is 871 g/mol. The molecule has 3 saturated heterocycles. The summed E-state index contributed by atoms with van der Waals surface area (Å²) in [7, 11) is 1.59. The van der Waals surface area contributed by atoms with Gasteiger partial charge in [0.1, 0.15) is 23.0 Å². The number of piperidine rings is 3. The van der Waals surface area contributed by atoms with E-state index in [1.165, 1.54) is 19.4 Å². The summed E-state index contributed by atoms with van der Waals surface area (Å²) in [5.74, 6) is 4.28. The SMILES string of the molecule is CNC(=O)c1cc(C2CCN(CC(CCNC=O)CCN3CCC(CN4CCC(C5CCNc6c(C=O)c(-c7ccc(Oc8ccccc8)cc7)nn65)CC4)CC3)CC2)ccc1C=O. The molecule has 3 aromatic carbocycles. The summed E-state index contributed by atoms with van der Waals surface area (Å²) >= 11 is 0. The van der Waals surface area contributed by atoms with Crippen molar-refractivity contribution in [2.45, 2.75) is 69.7 Å². The predicted molar refractivity (Wildman–Crippen MR) is 250 cm³/mol. The summed E-state index contributed by atoms with van der Waals surface area (Å²) in [5.41, 5.74) is 4.27. The van der Waals surface area contributed by atoms with Crippen LogP contribution < -0.4 is 20.7 Å². The number of carbonyl (C=O) groups excluding carboxylic acids is 4. The molecule has 13 heteroatoms. The zero-order valence-corrected chi connectivity index (χ0v) is 37.5. The third-order valence-corrected chi connectivity index (χ3v) is 14.5. The van der Waals surface area contributed by atoms with E-state index < -0.39 is 0 Å². The van der Waals surface area contributed by atoms with Gasteiger partial charge in [-0.15, -0.1) is 0 Å². The Labute approximate surface area is 378 Å². The molecule has 2 atom stereocenters. The molecular formula is C51H66N8O5. The number of benzene rings is 3. The fourth-order valence-electron chi connectivity index (χ4n) is 10.8. The van der Waals surface area contributed by atoms with Gasteiger partial charge in [-0.3, -0.25) is 19.2 Å². The van der Waals surface area contributed by atoms with Crippen LogP contribution in [-0.4, -0.2) is 128 Å². The fourth-order valence-corrected chi connectivity index (χ4v) is 10.8. The maximum absolute atomic E-state index is 12.5. The number of para-hydroxylation sites is 1. The largest absolute Gasteiger partial charge is 0.457 e. The Morgan fingerprint density at radius 1 is 0.812 bits per heavy atom. The molecular weight excluding hydrogens is 805 g/mol. The number of amides is 2. The van der Waals surface area contributed by atoms with Crippen LogP contribution in [0.3, 0.4) is 0 Å². The van der Waals surface area contributed by atoms with Crippen LogP contribution in [0.1, 0.15) is 106 Å². The minimum Gasteiger partial charge on any atom is -0.457 e. The van der Waals surface area contributed by atoms with E-state index in [-0.39, 0.29) is 11.9 Å². The van der Waals surface area contributed by atoms with Gasteiger partial charge >= 0.3 is 0 Å². The van der Waals surface area contributed by atoms with E-state index >= 15 is 0 Å². The Morgan fingerprint density at radius 3 is 2.23 bits per heavy atom. The Kier molecular flexibility index (Phi) is 15.5. The number of hydrogen-bond acceptors (Lipinski definition) is 10. The van der Waals surface area contributed by atoms with Gasteiger partial charge in [-0.1, -0.05) is 30.3 Å². The fraction of sp³-hybridized carbons (Fsp3) is 0.510. The zero-order chi connectivity index (χ0) is 44.3. The van der Waals surface area contributed by atoms with Crippen LogP contribution in [0.5, 0.6) is 11.5 Å². The number of anilines is 1. The topological polar surface area (TPSA) is 141 Å². The Morgan fingerprint density at radius 2 is 1.53 bits per heavy atom. The highest BCUT2D eigenvalue weighted by atomic mass is 16.5. The second kappa shape index (κ2) is 22.0. The van der Waals surface area contributed by atoms with Gasteiger partial charge in [0, 0.05) is 44.4 Å². The first-order chi connectivity index (χ1) is 31.4. The van der Waals surface area contributed by atoms with E-state index in [0.29, 0.717) is 41.0 Å². The normalized spacial score (nSPS) is 19.9. The lowest BCUT2D eigenvalue weighted by Crippen LogP contribution is -2.43. The van der Waals surface area contributed by atoms with Gasteiger partial charge in [-0.05, 0) is 175 Å². The lowest BCUT2D eigenvalue weighted by molar-refractivity contribution is -0.109. The Balaban J connectivity index is 0.776. The Bertz CT molecular complexity index is 2150. The number of carbonyl (C=O) groups is 4. The lowest BCUT2D eigenvalue weighted by atomic mass is 9.86. The van der Waals surface area contributed by atoms with E-state index in [4.69, 9.17) is 9.84 Å². The first kappa shape index (κ1) is 45.2. The van der Waals surface area contributed by atoms with Crippen molar-refractivity contribution in [1.29, 1.82) is 0 Å². The van der Waals surface area contributed by atoms with Crippen LogP contribution in [0.25, 0.3) is 11.3 Å². The molecule has 4 aromatic rings. The highest BCUT2D eigenvalue weighted by molar-refractivity contribution is 6.01. The highest BCUT2D eigenvalue weighted by Crippen LogP contribution is 2.40. The number of nitrogens with one attached hydrogen (secondary N) is 3. The monoisotopic (exact) mass is 871 g/mol. The van der Waals surface area contributed by atoms with Crippen LogP contribution in [0.2, 0.25) is 0 Å². The molecule has 340 valence electrons. The molecule has 3 N–H and O–H groups in total. The molecule has 3 fully saturated rings. The van der Waals surface area contributed by atoms with E-state index in [0.717, 1.165) is 163 Å². The van der Waals surface area contributed by atoms with E-state index in [1.807, 2.05) is 66.7 Å². The molecule has 5 heterocycles. The quantitative estimate of drug-likeness (QED) is 0.0659. The summed E-state index contributed by atoms with van der Waals surface area (Å²) in [6.45, 7) is 11.4. The number of likely N-dealkylation sites (tertiary alicyclic amines) is 3. The third-order valence-electron chi connectivity index (χ3n) is 14.5. The molecule has 0 bridgehead atoms. The van der Waals surface area contributed by atoms with Crippen molar-refractivity contribution in [3.63, 3.8) is 0 Å². The average Bonchev–Trinajstić information content (AvgIpc) is 3.73. The molecule has 13 nitrogen and oxygen atoms in total. The zero-order valence-electron chi connectivity index (χ0n) is 37.5. The van der Waals surface area contributed by atoms with Crippen molar-refractivity contribution >= 4 is 30.7 Å². The van der Waals surface area contributed by atoms with Crippen molar-refractivity contribution < 1.29 is 23.9 Å². The number of rotatable bonds is 19. The van der Waals surface area contributed by atoms with Crippen molar-refractivity contribution in [1.82, 2.24) is 35.1 Å². The van der Waals surface area contributed by atoms with Gasteiger partial charge < -0.3 is 35.4 Å². The van der Waals surface area contributed by atoms with Crippen LogP contribution >= 0.6 is 0 Å². The van der Waals surface area contributed by atoms with Crippen LogP contribution in [0, 0.1) is 17.8 Å². The van der Waals surface area contributed by atoms with Gasteiger partial charge in [0.15, 0.2) is 12.6 Å². The number of fused-ring (bicyclic) bond motifs is 1. The smallest absolute Gasteiger partial charge is 0.251 e. The van der Waals surface area contributed by atoms with Gasteiger partial charge in [0.2, 0.25) is 6.41 Å². The van der Waals surface area contributed by atoms with Gasteiger partial charge in [0.25, 0.3) is 5.91 Å². The number of nitrogens with zero attached hydrogens (tertiary/aromatic N) is 5. The standard InChI is InChI=1S/C51H66N8O5/c1-52-51(63)46-31-42(7-8-43(46)34-60)39-18-27-57(28-19-39)32-37(13-22-53-36-62)15-24-56-25-16-38(17-26-56)33-58-29-20-40(21-30-58)48-14-23-54-50-47(35-61)49(55-59(48)50)41-9-11-45(12-10-41)64-44-5-3-2-4-6-44/h2-12,31,34-40,48,54H,13-30,32-33H2,1H3,(H,52,63)(H,53,62). The molecule has 64 heavy (non-hydrogen) atoms. The maximum Gasteiger partial charge on any atom is 0.251 e.